The minimum Gasteiger partial charge on any atom is -0.383 e. The smallest absolute Gasteiger partial charge is 0.268 e. The largest absolute Gasteiger partial charge is 0.383 e. The fraction of sp³-hybridized carbons (Fsp3) is 0.462. The SMILES string of the molecule is CCn1c(C(=O)NCCOC)cc2sc(C)cc21. The molecule has 0 atom stereocenters. The molecule has 0 bridgehead atoms. The summed E-state index contributed by atoms with van der Waals surface area (Å²) in [6.45, 7) is 6.01. The number of nitrogens with zero attached hydrogens (tertiary/aromatic N) is 1. The van der Waals surface area contributed by atoms with Gasteiger partial charge in [0, 0.05) is 25.1 Å². The molecule has 0 fully saturated rings. The summed E-state index contributed by atoms with van der Waals surface area (Å²) in [5, 5.41) is 2.86. The van der Waals surface area contributed by atoms with Gasteiger partial charge in [-0.2, -0.15) is 0 Å². The standard InChI is InChI=1S/C13H18N2O2S/c1-4-15-10-7-9(2)18-12(10)8-11(15)13(16)14-5-6-17-3/h7-8H,4-6H2,1-3H3,(H,14,16). The van der Waals surface area contributed by atoms with Crippen LogP contribution in [0.4, 0.5) is 0 Å². The van der Waals surface area contributed by atoms with Gasteiger partial charge in [0.2, 0.25) is 0 Å². The van der Waals surface area contributed by atoms with Gasteiger partial charge in [-0.25, -0.2) is 0 Å². The first-order chi connectivity index (χ1) is 8.67. The second-order valence-corrected chi connectivity index (χ2v) is 5.42. The van der Waals surface area contributed by atoms with Crippen molar-refractivity contribution in [1.82, 2.24) is 9.88 Å². The number of aryl methyl sites for hydroxylation is 2. The number of aromatic nitrogens is 1. The van der Waals surface area contributed by atoms with E-state index in [0.29, 0.717) is 13.2 Å². The van der Waals surface area contributed by atoms with Gasteiger partial charge in [-0.3, -0.25) is 4.79 Å². The van der Waals surface area contributed by atoms with Gasteiger partial charge in [0.05, 0.1) is 16.8 Å². The van der Waals surface area contributed by atoms with Gasteiger partial charge in [-0.05, 0) is 26.0 Å². The molecule has 0 aliphatic rings. The Labute approximate surface area is 111 Å². The van der Waals surface area contributed by atoms with E-state index in [9.17, 15) is 4.79 Å². The molecule has 0 aliphatic carbocycles. The van der Waals surface area contributed by atoms with Crippen LogP contribution in [0.5, 0.6) is 0 Å². The molecule has 0 spiro atoms. The zero-order chi connectivity index (χ0) is 13.1. The van der Waals surface area contributed by atoms with Crippen molar-refractivity contribution in [2.24, 2.45) is 0 Å². The van der Waals surface area contributed by atoms with Gasteiger partial charge in [0.15, 0.2) is 0 Å². The lowest BCUT2D eigenvalue weighted by Gasteiger charge is -2.08. The third kappa shape index (κ3) is 2.42. The Morgan fingerprint density at radius 1 is 1.50 bits per heavy atom. The van der Waals surface area contributed by atoms with E-state index in [-0.39, 0.29) is 5.91 Å². The zero-order valence-electron chi connectivity index (χ0n) is 10.9. The molecular formula is C13H18N2O2S. The highest BCUT2D eigenvalue weighted by molar-refractivity contribution is 7.19. The number of rotatable bonds is 5. The van der Waals surface area contributed by atoms with Gasteiger partial charge in [0.25, 0.3) is 5.91 Å². The van der Waals surface area contributed by atoms with Crippen molar-refractivity contribution in [2.45, 2.75) is 20.4 Å². The van der Waals surface area contributed by atoms with Gasteiger partial charge in [-0.15, -0.1) is 11.3 Å². The van der Waals surface area contributed by atoms with Crippen LogP contribution in [-0.2, 0) is 11.3 Å². The third-order valence-electron chi connectivity index (χ3n) is 2.85. The summed E-state index contributed by atoms with van der Waals surface area (Å²) in [7, 11) is 1.62. The molecule has 2 aromatic rings. The quantitative estimate of drug-likeness (QED) is 0.845. The number of thiophene rings is 1. The van der Waals surface area contributed by atoms with E-state index in [0.717, 1.165) is 17.8 Å². The number of amides is 1. The van der Waals surface area contributed by atoms with E-state index in [4.69, 9.17) is 4.74 Å². The first-order valence-corrected chi connectivity index (χ1v) is 6.85. The highest BCUT2D eigenvalue weighted by Gasteiger charge is 2.15. The molecule has 5 heteroatoms. The minimum atomic E-state index is -0.0325. The van der Waals surface area contributed by atoms with E-state index >= 15 is 0 Å². The second kappa shape index (κ2) is 5.54. The second-order valence-electron chi connectivity index (χ2n) is 4.13. The molecule has 1 amide bonds. The highest BCUT2D eigenvalue weighted by atomic mass is 32.1. The molecule has 1 N–H and O–H groups in total. The average Bonchev–Trinajstić information content (AvgIpc) is 2.84. The summed E-state index contributed by atoms with van der Waals surface area (Å²) in [6.07, 6.45) is 0. The van der Waals surface area contributed by atoms with Crippen molar-refractivity contribution < 1.29 is 9.53 Å². The molecular weight excluding hydrogens is 248 g/mol. The van der Waals surface area contributed by atoms with Crippen LogP contribution in [0.3, 0.4) is 0 Å². The molecule has 2 heterocycles. The summed E-state index contributed by atoms with van der Waals surface area (Å²) in [4.78, 5) is 13.3. The number of nitrogens with one attached hydrogen (secondary N) is 1. The normalized spacial score (nSPS) is 11.1. The number of carbonyl (C=O) groups is 1. The van der Waals surface area contributed by atoms with Crippen LogP contribution in [0.15, 0.2) is 12.1 Å². The van der Waals surface area contributed by atoms with E-state index in [1.807, 2.05) is 6.07 Å². The minimum absolute atomic E-state index is 0.0325. The molecule has 4 nitrogen and oxygen atoms in total. The maximum atomic E-state index is 12.1. The molecule has 0 saturated heterocycles. The lowest BCUT2D eigenvalue weighted by atomic mass is 10.4. The topological polar surface area (TPSA) is 43.3 Å². The number of ether oxygens (including phenoxy) is 1. The number of methoxy groups -OCH3 is 1. The molecule has 2 aromatic heterocycles. The van der Waals surface area contributed by atoms with E-state index in [1.165, 1.54) is 9.58 Å². The van der Waals surface area contributed by atoms with Crippen molar-refractivity contribution in [3.63, 3.8) is 0 Å². The predicted molar refractivity (Wildman–Crippen MR) is 74.4 cm³/mol. The van der Waals surface area contributed by atoms with Crippen LogP contribution >= 0.6 is 11.3 Å². The van der Waals surface area contributed by atoms with Crippen molar-refractivity contribution in [1.29, 1.82) is 0 Å². The fourth-order valence-electron chi connectivity index (χ4n) is 2.05. The van der Waals surface area contributed by atoms with Crippen molar-refractivity contribution in [2.75, 3.05) is 20.3 Å². The molecule has 98 valence electrons. The summed E-state index contributed by atoms with van der Waals surface area (Å²) in [5.41, 5.74) is 1.88. The van der Waals surface area contributed by atoms with Crippen LogP contribution in [0.2, 0.25) is 0 Å². The lowest BCUT2D eigenvalue weighted by molar-refractivity contribution is 0.0928. The fourth-order valence-corrected chi connectivity index (χ4v) is 3.01. The zero-order valence-corrected chi connectivity index (χ0v) is 11.8. The Morgan fingerprint density at radius 3 is 2.94 bits per heavy atom. The first kappa shape index (κ1) is 13.1. The maximum Gasteiger partial charge on any atom is 0.268 e. The highest BCUT2D eigenvalue weighted by Crippen LogP contribution is 2.28. The van der Waals surface area contributed by atoms with Gasteiger partial charge in [0.1, 0.15) is 5.69 Å². The number of carbonyl (C=O) groups excluding carboxylic acids is 1. The molecule has 0 aromatic carbocycles. The van der Waals surface area contributed by atoms with Crippen molar-refractivity contribution in [3.8, 4) is 0 Å². The predicted octanol–water partition coefficient (Wildman–Crippen LogP) is 2.41. The Kier molecular flexibility index (Phi) is 4.04. The number of fused-ring (bicyclic) bond motifs is 1. The monoisotopic (exact) mass is 266 g/mol. The molecule has 0 aliphatic heterocycles. The van der Waals surface area contributed by atoms with Gasteiger partial charge in [-0.1, -0.05) is 0 Å². The van der Waals surface area contributed by atoms with E-state index in [2.05, 4.69) is 29.8 Å². The van der Waals surface area contributed by atoms with E-state index in [1.54, 1.807) is 18.4 Å². The Bertz CT molecular complexity index is 557. The maximum absolute atomic E-state index is 12.1. The van der Waals surface area contributed by atoms with Crippen LogP contribution in [0.25, 0.3) is 10.2 Å². The van der Waals surface area contributed by atoms with Crippen molar-refractivity contribution >= 4 is 27.5 Å². The Balaban J connectivity index is 2.26. The van der Waals surface area contributed by atoms with Crippen molar-refractivity contribution in [3.05, 3.63) is 22.7 Å². The number of hydrogen-bond donors (Lipinski definition) is 1. The van der Waals surface area contributed by atoms with Crippen LogP contribution < -0.4 is 5.32 Å². The van der Waals surface area contributed by atoms with Crippen LogP contribution in [0.1, 0.15) is 22.3 Å². The van der Waals surface area contributed by atoms with Crippen LogP contribution in [-0.4, -0.2) is 30.7 Å². The molecule has 0 radical (unpaired) electrons. The number of hydrogen-bond acceptors (Lipinski definition) is 3. The molecule has 0 unspecified atom stereocenters. The van der Waals surface area contributed by atoms with E-state index < -0.39 is 0 Å². The van der Waals surface area contributed by atoms with Crippen LogP contribution in [0, 0.1) is 6.92 Å². The molecule has 0 saturated carbocycles. The Hall–Kier alpha value is -1.33. The lowest BCUT2D eigenvalue weighted by Crippen LogP contribution is -2.28. The first-order valence-electron chi connectivity index (χ1n) is 6.04. The molecule has 2 rings (SSSR count). The summed E-state index contributed by atoms with van der Waals surface area (Å²) in [6, 6.07) is 4.11. The summed E-state index contributed by atoms with van der Waals surface area (Å²) in [5.74, 6) is -0.0325. The average molecular weight is 266 g/mol. The van der Waals surface area contributed by atoms with Gasteiger partial charge >= 0.3 is 0 Å². The Morgan fingerprint density at radius 2 is 2.28 bits per heavy atom. The summed E-state index contributed by atoms with van der Waals surface area (Å²) >= 11 is 1.72. The molecule has 18 heavy (non-hydrogen) atoms. The van der Waals surface area contributed by atoms with Gasteiger partial charge < -0.3 is 14.6 Å². The third-order valence-corrected chi connectivity index (χ3v) is 3.84. The summed E-state index contributed by atoms with van der Waals surface area (Å²) < 4.78 is 8.15.